The molecule has 0 spiro atoms. The fourth-order valence-corrected chi connectivity index (χ4v) is 2.26. The molecular weight excluding hydrogens is 279 g/mol. The molecule has 2 rings (SSSR count). The summed E-state index contributed by atoms with van der Waals surface area (Å²) < 4.78 is 38.5. The van der Waals surface area contributed by atoms with Crippen LogP contribution in [-0.4, -0.2) is 29.8 Å². The van der Waals surface area contributed by atoms with Crippen LogP contribution in [0.15, 0.2) is 12.3 Å². The lowest BCUT2D eigenvalue weighted by Gasteiger charge is -2.32. The molecule has 118 valence electrons. The Kier molecular flexibility index (Phi) is 4.76. The summed E-state index contributed by atoms with van der Waals surface area (Å²) in [6.45, 7) is 4.98. The molecule has 0 aromatic carbocycles. The van der Waals surface area contributed by atoms with Crippen LogP contribution in [0.3, 0.4) is 0 Å². The van der Waals surface area contributed by atoms with Crippen molar-refractivity contribution < 1.29 is 13.2 Å². The Labute approximate surface area is 123 Å². The van der Waals surface area contributed by atoms with Crippen LogP contribution in [0.1, 0.15) is 37.9 Å². The number of anilines is 1. The Balaban J connectivity index is 2.25. The second kappa shape index (κ2) is 6.22. The number of hydrogen-bond donors (Lipinski definition) is 1. The third-order valence-electron chi connectivity index (χ3n) is 3.54. The molecule has 1 aromatic heterocycles. The van der Waals surface area contributed by atoms with Crippen molar-refractivity contribution in [2.45, 2.75) is 58.4 Å². The van der Waals surface area contributed by atoms with Crippen molar-refractivity contribution in [3.8, 4) is 0 Å². The number of aromatic nitrogens is 1. The first kappa shape index (κ1) is 16.1. The minimum absolute atomic E-state index is 0.229. The predicted octanol–water partition coefficient (Wildman–Crippen LogP) is 3.42. The van der Waals surface area contributed by atoms with E-state index in [2.05, 4.69) is 10.3 Å². The lowest BCUT2D eigenvalue weighted by molar-refractivity contribution is -0.120. The zero-order valence-electron chi connectivity index (χ0n) is 12.7. The molecule has 0 aliphatic heterocycles. The maximum absolute atomic E-state index is 12.8. The number of nitrogens with one attached hydrogen (secondary N) is 1. The Morgan fingerprint density at radius 2 is 2.05 bits per heavy atom. The van der Waals surface area contributed by atoms with Gasteiger partial charge < -0.3 is 10.2 Å². The molecule has 1 heterocycles. The molecule has 1 saturated carbocycles. The Morgan fingerprint density at radius 1 is 1.38 bits per heavy atom. The summed E-state index contributed by atoms with van der Waals surface area (Å²) in [6, 6.07) is 2.03. The van der Waals surface area contributed by atoms with Crippen LogP contribution in [0.25, 0.3) is 0 Å². The predicted molar refractivity (Wildman–Crippen MR) is 77.4 cm³/mol. The van der Waals surface area contributed by atoms with Gasteiger partial charge in [-0.05, 0) is 39.7 Å². The van der Waals surface area contributed by atoms with Crippen molar-refractivity contribution in [2.24, 2.45) is 0 Å². The van der Waals surface area contributed by atoms with Crippen molar-refractivity contribution in [3.05, 3.63) is 23.5 Å². The summed E-state index contributed by atoms with van der Waals surface area (Å²) in [6.07, 6.45) is -0.245. The van der Waals surface area contributed by atoms with Gasteiger partial charge in [-0.15, -0.1) is 0 Å². The fraction of sp³-hybridized carbons (Fsp3) is 0.667. The van der Waals surface area contributed by atoms with E-state index in [1.54, 1.807) is 33.0 Å². The fourth-order valence-electron chi connectivity index (χ4n) is 2.26. The first-order valence-electron chi connectivity index (χ1n) is 7.28. The highest BCUT2D eigenvalue weighted by molar-refractivity contribution is 5.54. The smallest absolute Gasteiger partial charge is 0.360 e. The molecule has 3 nitrogen and oxygen atoms in total. The van der Waals surface area contributed by atoms with Crippen LogP contribution in [0.5, 0.6) is 0 Å². The highest BCUT2D eigenvalue weighted by atomic mass is 19.4. The lowest BCUT2D eigenvalue weighted by Crippen LogP contribution is -2.40. The molecule has 1 fully saturated rings. The average Bonchev–Trinajstić information content (AvgIpc) is 3.17. The zero-order chi connectivity index (χ0) is 15.6. The van der Waals surface area contributed by atoms with E-state index in [4.69, 9.17) is 0 Å². The molecular formula is C15H22F3N3. The maximum atomic E-state index is 12.8. The van der Waals surface area contributed by atoms with Crippen molar-refractivity contribution >= 4 is 5.69 Å². The number of alkyl halides is 3. The number of nitrogens with zero attached hydrogens (tertiary/aromatic N) is 2. The van der Waals surface area contributed by atoms with Gasteiger partial charge in [-0.3, -0.25) is 4.98 Å². The monoisotopic (exact) mass is 301 g/mol. The van der Waals surface area contributed by atoms with Gasteiger partial charge in [0.1, 0.15) is 6.54 Å². The molecule has 1 N–H and O–H groups in total. The number of halogens is 3. The number of rotatable bonds is 6. The van der Waals surface area contributed by atoms with Gasteiger partial charge in [0.2, 0.25) is 0 Å². The third-order valence-corrected chi connectivity index (χ3v) is 3.54. The van der Waals surface area contributed by atoms with E-state index in [1.807, 2.05) is 0 Å². The van der Waals surface area contributed by atoms with Crippen molar-refractivity contribution in [3.63, 3.8) is 0 Å². The SMILES string of the molecule is Cc1cc(N(CC(F)(F)F)C(C)C)c(CNC2CC2)cn1. The highest BCUT2D eigenvalue weighted by Crippen LogP contribution is 2.28. The van der Waals surface area contributed by atoms with E-state index in [-0.39, 0.29) is 6.04 Å². The summed E-state index contributed by atoms with van der Waals surface area (Å²) >= 11 is 0. The molecule has 0 unspecified atom stereocenters. The molecule has 0 amide bonds. The lowest BCUT2D eigenvalue weighted by atomic mass is 10.1. The molecule has 1 aliphatic carbocycles. The molecule has 0 atom stereocenters. The molecule has 1 aliphatic rings. The second-order valence-electron chi connectivity index (χ2n) is 5.95. The van der Waals surface area contributed by atoms with Gasteiger partial charge >= 0.3 is 6.18 Å². The van der Waals surface area contributed by atoms with Crippen molar-refractivity contribution in [1.82, 2.24) is 10.3 Å². The van der Waals surface area contributed by atoms with Crippen LogP contribution in [0.2, 0.25) is 0 Å². The largest absolute Gasteiger partial charge is 0.405 e. The van der Waals surface area contributed by atoms with E-state index < -0.39 is 12.7 Å². The molecule has 0 bridgehead atoms. The van der Waals surface area contributed by atoms with Gasteiger partial charge in [-0.1, -0.05) is 0 Å². The summed E-state index contributed by atoms with van der Waals surface area (Å²) in [5.41, 5.74) is 2.18. The second-order valence-corrected chi connectivity index (χ2v) is 5.95. The van der Waals surface area contributed by atoms with Crippen LogP contribution in [0.4, 0.5) is 18.9 Å². The summed E-state index contributed by atoms with van der Waals surface area (Å²) in [4.78, 5) is 5.63. The minimum Gasteiger partial charge on any atom is -0.360 e. The first-order valence-corrected chi connectivity index (χ1v) is 7.28. The van der Waals surface area contributed by atoms with Gasteiger partial charge in [-0.25, -0.2) is 0 Å². The first-order chi connectivity index (χ1) is 9.76. The van der Waals surface area contributed by atoms with Crippen LogP contribution in [0, 0.1) is 6.92 Å². The third kappa shape index (κ3) is 4.88. The van der Waals surface area contributed by atoms with E-state index in [1.165, 1.54) is 4.90 Å². The topological polar surface area (TPSA) is 28.2 Å². The summed E-state index contributed by atoms with van der Waals surface area (Å²) in [5, 5.41) is 3.34. The van der Waals surface area contributed by atoms with Gasteiger partial charge in [0, 0.05) is 41.8 Å². The average molecular weight is 301 g/mol. The van der Waals surface area contributed by atoms with Crippen LogP contribution < -0.4 is 10.2 Å². The standard InChI is InChI=1S/C15H22F3N3/c1-10(2)21(9-15(16,17)18)14-6-11(3)19-7-12(14)8-20-13-4-5-13/h6-7,10,13,20H,4-5,8-9H2,1-3H3. The Bertz CT molecular complexity index is 482. The zero-order valence-corrected chi connectivity index (χ0v) is 12.7. The van der Waals surface area contributed by atoms with Crippen LogP contribution in [-0.2, 0) is 6.54 Å². The summed E-state index contributed by atoms with van der Waals surface area (Å²) in [7, 11) is 0. The van der Waals surface area contributed by atoms with Crippen LogP contribution >= 0.6 is 0 Å². The van der Waals surface area contributed by atoms with Gasteiger partial charge in [0.05, 0.1) is 0 Å². The molecule has 0 radical (unpaired) electrons. The Hall–Kier alpha value is -1.30. The number of aryl methyl sites for hydroxylation is 1. The van der Waals surface area contributed by atoms with E-state index in [0.717, 1.165) is 24.1 Å². The summed E-state index contributed by atoms with van der Waals surface area (Å²) in [5.74, 6) is 0. The Morgan fingerprint density at radius 3 is 2.57 bits per heavy atom. The molecule has 21 heavy (non-hydrogen) atoms. The maximum Gasteiger partial charge on any atom is 0.405 e. The molecule has 6 heteroatoms. The highest BCUT2D eigenvalue weighted by Gasteiger charge is 2.33. The van der Waals surface area contributed by atoms with E-state index in [0.29, 0.717) is 18.3 Å². The number of hydrogen-bond acceptors (Lipinski definition) is 3. The van der Waals surface area contributed by atoms with Gasteiger partial charge in [-0.2, -0.15) is 13.2 Å². The quantitative estimate of drug-likeness (QED) is 0.872. The van der Waals surface area contributed by atoms with E-state index >= 15 is 0 Å². The van der Waals surface area contributed by atoms with Crippen molar-refractivity contribution in [2.75, 3.05) is 11.4 Å². The minimum atomic E-state index is -4.22. The van der Waals surface area contributed by atoms with Gasteiger partial charge in [0.15, 0.2) is 0 Å². The van der Waals surface area contributed by atoms with E-state index in [9.17, 15) is 13.2 Å². The molecule has 1 aromatic rings. The van der Waals surface area contributed by atoms with Crippen molar-refractivity contribution in [1.29, 1.82) is 0 Å². The normalized spacial score (nSPS) is 15.6. The van der Waals surface area contributed by atoms with Gasteiger partial charge in [0.25, 0.3) is 0 Å². The number of pyridine rings is 1. The molecule has 0 saturated heterocycles.